The van der Waals surface area contributed by atoms with Crippen LogP contribution in [0.2, 0.25) is 0 Å². The van der Waals surface area contributed by atoms with E-state index in [0.717, 1.165) is 25.2 Å². The molecule has 0 fully saturated rings. The van der Waals surface area contributed by atoms with Crippen molar-refractivity contribution in [3.05, 3.63) is 22.0 Å². The Labute approximate surface area is 94.3 Å². The molecule has 1 aromatic heterocycles. The summed E-state index contributed by atoms with van der Waals surface area (Å²) in [5.41, 5.74) is 0. The molecule has 1 nitrogen and oxygen atoms in total. The molecule has 0 bridgehead atoms. The fraction of sp³-hybridized carbons (Fsp3) is 0.111. The number of hydrogen-bond donors (Lipinski definition) is 1. The monoisotopic (exact) mass is 274 g/mol. The number of thiol groups is 1. The number of hydrogen-bond acceptors (Lipinski definition) is 3. The van der Waals surface area contributed by atoms with E-state index < -0.39 is 0 Å². The van der Waals surface area contributed by atoms with Gasteiger partial charge in [-0.15, -0.1) is 24.0 Å². The van der Waals surface area contributed by atoms with Crippen molar-refractivity contribution in [3.8, 4) is 5.75 Å². The molecular weight excluding hydrogens is 268 g/mol. The summed E-state index contributed by atoms with van der Waals surface area (Å²) in [6.07, 6.45) is 0. The van der Waals surface area contributed by atoms with Gasteiger partial charge in [0.05, 0.1) is 11.8 Å². The predicted molar refractivity (Wildman–Crippen MR) is 63.3 cm³/mol. The Balaban J connectivity index is 2.87. The lowest BCUT2D eigenvalue weighted by molar-refractivity contribution is 0.419. The van der Waals surface area contributed by atoms with Crippen molar-refractivity contribution in [1.82, 2.24) is 0 Å². The average Bonchev–Trinajstić information content (AvgIpc) is 2.60. The molecule has 0 unspecified atom stereocenters. The minimum atomic E-state index is 0.890. The van der Waals surface area contributed by atoms with E-state index in [9.17, 15) is 0 Å². The molecule has 0 aliphatic carbocycles. The molecule has 0 saturated carbocycles. The van der Waals surface area contributed by atoms with Gasteiger partial charge >= 0.3 is 0 Å². The molecule has 0 radical (unpaired) electrons. The zero-order chi connectivity index (χ0) is 9.42. The second kappa shape index (κ2) is 3.52. The summed E-state index contributed by atoms with van der Waals surface area (Å²) in [5.74, 6) is 0.890. The van der Waals surface area contributed by atoms with Gasteiger partial charge in [-0.2, -0.15) is 0 Å². The SMILES string of the molecule is COc1cc(Br)c(S)c2sccc12. The van der Waals surface area contributed by atoms with Gasteiger partial charge < -0.3 is 4.74 Å². The van der Waals surface area contributed by atoms with Gasteiger partial charge in [-0.05, 0) is 33.4 Å². The van der Waals surface area contributed by atoms with Crippen LogP contribution < -0.4 is 4.74 Å². The minimum absolute atomic E-state index is 0.890. The molecule has 4 heteroatoms. The number of methoxy groups -OCH3 is 1. The van der Waals surface area contributed by atoms with E-state index in [1.807, 2.05) is 17.5 Å². The van der Waals surface area contributed by atoms with Crippen molar-refractivity contribution < 1.29 is 4.74 Å². The average molecular weight is 275 g/mol. The Morgan fingerprint density at radius 3 is 3.00 bits per heavy atom. The standard InChI is InChI=1S/C9H7BrOS2/c1-11-7-4-6(10)8(12)9-5(7)2-3-13-9/h2-4,12H,1H3. The molecule has 0 aliphatic heterocycles. The van der Waals surface area contributed by atoms with Gasteiger partial charge in [-0.3, -0.25) is 0 Å². The molecule has 2 aromatic rings. The van der Waals surface area contributed by atoms with Crippen LogP contribution in [-0.2, 0) is 0 Å². The number of halogens is 1. The lowest BCUT2D eigenvalue weighted by Gasteiger charge is -2.05. The minimum Gasteiger partial charge on any atom is -0.496 e. The number of fused-ring (bicyclic) bond motifs is 1. The fourth-order valence-corrected chi connectivity index (χ4v) is 2.96. The van der Waals surface area contributed by atoms with Gasteiger partial charge in [0, 0.05) is 14.8 Å². The largest absolute Gasteiger partial charge is 0.496 e. The van der Waals surface area contributed by atoms with E-state index in [1.165, 1.54) is 0 Å². The first-order valence-electron chi connectivity index (χ1n) is 3.66. The quantitative estimate of drug-likeness (QED) is 0.775. The molecule has 0 saturated heterocycles. The topological polar surface area (TPSA) is 9.23 Å². The third-order valence-electron chi connectivity index (χ3n) is 1.85. The Kier molecular flexibility index (Phi) is 2.53. The molecule has 0 spiro atoms. The fourth-order valence-electron chi connectivity index (χ4n) is 1.23. The summed E-state index contributed by atoms with van der Waals surface area (Å²) < 4.78 is 7.40. The third kappa shape index (κ3) is 1.47. The van der Waals surface area contributed by atoms with Crippen LogP contribution in [0.1, 0.15) is 0 Å². The predicted octanol–water partition coefficient (Wildman–Crippen LogP) is 3.96. The van der Waals surface area contributed by atoms with Gasteiger partial charge in [0.15, 0.2) is 0 Å². The van der Waals surface area contributed by atoms with Gasteiger partial charge in [0.2, 0.25) is 0 Å². The number of thiophene rings is 1. The van der Waals surface area contributed by atoms with Crippen LogP contribution in [0.4, 0.5) is 0 Å². The molecule has 0 aliphatic rings. The molecule has 2 rings (SSSR count). The Hall–Kier alpha value is -0.190. The molecule has 13 heavy (non-hydrogen) atoms. The second-order valence-corrected chi connectivity index (χ2v) is 4.79. The summed E-state index contributed by atoms with van der Waals surface area (Å²) in [6.45, 7) is 0. The summed E-state index contributed by atoms with van der Waals surface area (Å²) >= 11 is 9.54. The maximum Gasteiger partial charge on any atom is 0.128 e. The van der Waals surface area contributed by atoms with Crippen molar-refractivity contribution in [2.24, 2.45) is 0 Å². The highest BCUT2D eigenvalue weighted by Crippen LogP contribution is 2.39. The first-order chi connectivity index (χ1) is 6.24. The van der Waals surface area contributed by atoms with Crippen molar-refractivity contribution >= 4 is 50.0 Å². The highest BCUT2D eigenvalue weighted by Gasteiger charge is 2.09. The lowest BCUT2D eigenvalue weighted by Crippen LogP contribution is -1.83. The van der Waals surface area contributed by atoms with E-state index in [1.54, 1.807) is 18.4 Å². The maximum atomic E-state index is 5.26. The Morgan fingerprint density at radius 1 is 1.54 bits per heavy atom. The van der Waals surface area contributed by atoms with Crippen LogP contribution in [0.25, 0.3) is 10.1 Å². The van der Waals surface area contributed by atoms with Crippen LogP contribution >= 0.6 is 39.9 Å². The Morgan fingerprint density at radius 2 is 2.31 bits per heavy atom. The number of benzene rings is 1. The van der Waals surface area contributed by atoms with Crippen molar-refractivity contribution in [3.63, 3.8) is 0 Å². The summed E-state index contributed by atoms with van der Waals surface area (Å²) in [7, 11) is 1.68. The highest BCUT2D eigenvalue weighted by molar-refractivity contribution is 9.10. The van der Waals surface area contributed by atoms with Gasteiger partial charge in [-0.25, -0.2) is 0 Å². The zero-order valence-electron chi connectivity index (χ0n) is 6.87. The number of ether oxygens (including phenoxy) is 1. The molecule has 0 N–H and O–H groups in total. The van der Waals surface area contributed by atoms with Crippen LogP contribution in [0, 0.1) is 0 Å². The molecule has 0 amide bonds. The van der Waals surface area contributed by atoms with Gasteiger partial charge in [-0.1, -0.05) is 0 Å². The normalized spacial score (nSPS) is 10.7. The first kappa shape index (κ1) is 9.37. The molecule has 68 valence electrons. The molecular formula is C9H7BrOS2. The third-order valence-corrected chi connectivity index (χ3v) is 4.33. The summed E-state index contributed by atoms with van der Waals surface area (Å²) in [6, 6.07) is 3.99. The zero-order valence-corrected chi connectivity index (χ0v) is 10.2. The first-order valence-corrected chi connectivity index (χ1v) is 5.78. The second-order valence-electron chi connectivity index (χ2n) is 2.57. The van der Waals surface area contributed by atoms with E-state index in [2.05, 4.69) is 28.6 Å². The van der Waals surface area contributed by atoms with E-state index in [4.69, 9.17) is 4.74 Å². The smallest absolute Gasteiger partial charge is 0.128 e. The highest BCUT2D eigenvalue weighted by atomic mass is 79.9. The van der Waals surface area contributed by atoms with Crippen molar-refractivity contribution in [2.75, 3.05) is 7.11 Å². The molecule has 1 heterocycles. The van der Waals surface area contributed by atoms with Crippen molar-refractivity contribution in [2.45, 2.75) is 4.90 Å². The van der Waals surface area contributed by atoms with Crippen LogP contribution in [0.3, 0.4) is 0 Å². The number of rotatable bonds is 1. The Bertz CT molecular complexity index is 450. The van der Waals surface area contributed by atoms with E-state index in [0.29, 0.717) is 0 Å². The van der Waals surface area contributed by atoms with Crippen LogP contribution in [0.5, 0.6) is 5.75 Å². The van der Waals surface area contributed by atoms with Crippen LogP contribution in [-0.4, -0.2) is 7.11 Å². The lowest BCUT2D eigenvalue weighted by atomic mass is 10.2. The van der Waals surface area contributed by atoms with Gasteiger partial charge in [0.1, 0.15) is 5.75 Å². The van der Waals surface area contributed by atoms with Crippen LogP contribution in [0.15, 0.2) is 26.9 Å². The molecule has 1 aromatic carbocycles. The maximum absolute atomic E-state index is 5.26. The summed E-state index contributed by atoms with van der Waals surface area (Å²) in [5, 5.41) is 3.17. The molecule has 0 atom stereocenters. The van der Waals surface area contributed by atoms with Gasteiger partial charge in [0.25, 0.3) is 0 Å². The summed E-state index contributed by atoms with van der Waals surface area (Å²) in [4.78, 5) is 0.978. The van der Waals surface area contributed by atoms with E-state index in [-0.39, 0.29) is 0 Å². The van der Waals surface area contributed by atoms with E-state index >= 15 is 0 Å². The van der Waals surface area contributed by atoms with Crippen molar-refractivity contribution in [1.29, 1.82) is 0 Å².